The van der Waals surface area contributed by atoms with Gasteiger partial charge in [-0.1, -0.05) is 66.2 Å². The molecule has 0 amide bonds. The van der Waals surface area contributed by atoms with Gasteiger partial charge in [-0.05, 0) is 46.7 Å². The smallest absolute Gasteiger partial charge is 0.244 e. The van der Waals surface area contributed by atoms with Crippen molar-refractivity contribution in [2.45, 2.75) is 17.5 Å². The third-order valence-electron chi connectivity index (χ3n) is 5.65. The SMILES string of the molecule is O=S(=O)(c1ccc(Cl)cc1)N(Cc1ccc(-c2nn[nH]n2)cc1)CN1C=CC=C2C=CC=CC21. The van der Waals surface area contributed by atoms with E-state index in [2.05, 4.69) is 26.7 Å². The Kier molecular flexibility index (Phi) is 6.14. The van der Waals surface area contributed by atoms with Crippen molar-refractivity contribution in [3.05, 3.63) is 107 Å². The maximum atomic E-state index is 13.7. The van der Waals surface area contributed by atoms with Crippen LogP contribution in [0.5, 0.6) is 0 Å². The van der Waals surface area contributed by atoms with Crippen LogP contribution in [0.1, 0.15) is 5.56 Å². The molecule has 1 aromatic heterocycles. The number of fused-ring (bicyclic) bond motifs is 1. The number of hydrogen-bond acceptors (Lipinski definition) is 6. The monoisotopic (exact) mass is 492 g/mol. The summed E-state index contributed by atoms with van der Waals surface area (Å²) in [6.45, 7) is 0.362. The summed E-state index contributed by atoms with van der Waals surface area (Å²) >= 11 is 6.00. The molecule has 3 aromatic rings. The van der Waals surface area contributed by atoms with Crippen molar-refractivity contribution < 1.29 is 8.42 Å². The highest BCUT2D eigenvalue weighted by Crippen LogP contribution is 2.26. The molecule has 1 atom stereocenters. The Bertz CT molecular complexity index is 1380. The van der Waals surface area contributed by atoms with Gasteiger partial charge in [0.05, 0.1) is 17.6 Å². The van der Waals surface area contributed by atoms with Gasteiger partial charge in [0.2, 0.25) is 15.8 Å². The molecule has 0 saturated heterocycles. The van der Waals surface area contributed by atoms with E-state index in [1.54, 1.807) is 12.1 Å². The molecule has 0 fully saturated rings. The molecule has 172 valence electrons. The maximum absolute atomic E-state index is 13.7. The Hall–Kier alpha value is -3.53. The van der Waals surface area contributed by atoms with Gasteiger partial charge >= 0.3 is 0 Å². The molecule has 1 N–H and O–H groups in total. The number of hydrogen-bond donors (Lipinski definition) is 1. The van der Waals surface area contributed by atoms with Gasteiger partial charge in [-0.15, -0.1) is 10.2 Å². The summed E-state index contributed by atoms with van der Waals surface area (Å²) in [5.41, 5.74) is 2.73. The lowest BCUT2D eigenvalue weighted by Gasteiger charge is -2.36. The van der Waals surface area contributed by atoms with Crippen molar-refractivity contribution in [1.82, 2.24) is 29.8 Å². The van der Waals surface area contributed by atoms with Crippen LogP contribution in [0.15, 0.2) is 102 Å². The molecular weight excluding hydrogens is 472 g/mol. The minimum atomic E-state index is -3.81. The molecule has 0 saturated carbocycles. The Morgan fingerprint density at radius 2 is 1.82 bits per heavy atom. The van der Waals surface area contributed by atoms with Crippen LogP contribution in [0, 0.1) is 0 Å². The van der Waals surface area contributed by atoms with E-state index in [0.29, 0.717) is 10.8 Å². The van der Waals surface area contributed by atoms with Crippen LogP contribution in [0.4, 0.5) is 0 Å². The second-order valence-electron chi connectivity index (χ2n) is 7.85. The predicted molar refractivity (Wildman–Crippen MR) is 130 cm³/mol. The number of benzene rings is 2. The first-order chi connectivity index (χ1) is 16.5. The molecule has 2 heterocycles. The lowest BCUT2D eigenvalue weighted by Crippen LogP contribution is -2.44. The molecule has 0 spiro atoms. The molecule has 5 rings (SSSR count). The summed E-state index contributed by atoms with van der Waals surface area (Å²) in [6.07, 6.45) is 13.9. The fourth-order valence-corrected chi connectivity index (χ4v) is 5.40. The highest BCUT2D eigenvalue weighted by molar-refractivity contribution is 7.89. The van der Waals surface area contributed by atoms with Crippen LogP contribution < -0.4 is 0 Å². The van der Waals surface area contributed by atoms with Crippen LogP contribution in [-0.2, 0) is 16.6 Å². The van der Waals surface area contributed by atoms with Crippen molar-refractivity contribution in [3.8, 4) is 11.4 Å². The summed E-state index contributed by atoms with van der Waals surface area (Å²) in [6, 6.07) is 13.7. The lowest BCUT2D eigenvalue weighted by molar-refractivity contribution is 0.233. The summed E-state index contributed by atoms with van der Waals surface area (Å²) < 4.78 is 28.8. The highest BCUT2D eigenvalue weighted by atomic mass is 35.5. The highest BCUT2D eigenvalue weighted by Gasteiger charge is 2.29. The molecular formula is C24H21ClN6O2S. The maximum Gasteiger partial charge on any atom is 0.244 e. The van der Waals surface area contributed by atoms with Gasteiger partial charge < -0.3 is 4.90 Å². The number of nitrogens with one attached hydrogen (secondary N) is 1. The molecule has 8 nitrogen and oxygen atoms in total. The summed E-state index contributed by atoms with van der Waals surface area (Å²) in [7, 11) is -3.81. The average Bonchev–Trinajstić information content (AvgIpc) is 3.40. The van der Waals surface area contributed by atoms with E-state index in [0.717, 1.165) is 16.7 Å². The van der Waals surface area contributed by atoms with Gasteiger partial charge in [0, 0.05) is 23.3 Å². The molecule has 1 aliphatic carbocycles. The van der Waals surface area contributed by atoms with Crippen LogP contribution in [0.2, 0.25) is 5.02 Å². The van der Waals surface area contributed by atoms with Crippen molar-refractivity contribution in [2.24, 2.45) is 0 Å². The number of nitrogens with zero attached hydrogens (tertiary/aromatic N) is 5. The van der Waals surface area contributed by atoms with Gasteiger partial charge in [-0.25, -0.2) is 8.42 Å². The third kappa shape index (κ3) is 4.58. The molecule has 10 heteroatoms. The largest absolute Gasteiger partial charge is 0.353 e. The number of rotatable bonds is 7. The van der Waals surface area contributed by atoms with Gasteiger partial charge in [-0.2, -0.15) is 9.52 Å². The molecule has 34 heavy (non-hydrogen) atoms. The molecule has 1 aliphatic heterocycles. The van der Waals surface area contributed by atoms with Crippen molar-refractivity contribution in [1.29, 1.82) is 0 Å². The average molecular weight is 493 g/mol. The van der Waals surface area contributed by atoms with Gasteiger partial charge in [-0.3, -0.25) is 0 Å². The second-order valence-corrected chi connectivity index (χ2v) is 10.2. The van der Waals surface area contributed by atoms with Crippen LogP contribution in [0.3, 0.4) is 0 Å². The van der Waals surface area contributed by atoms with Gasteiger partial charge in [0.15, 0.2) is 0 Å². The van der Waals surface area contributed by atoms with Crippen molar-refractivity contribution in [3.63, 3.8) is 0 Å². The van der Waals surface area contributed by atoms with Crippen LogP contribution >= 0.6 is 11.6 Å². The zero-order valence-corrected chi connectivity index (χ0v) is 19.6. The Labute approximate surface area is 202 Å². The normalized spacial score (nSPS) is 17.2. The summed E-state index contributed by atoms with van der Waals surface area (Å²) in [5, 5.41) is 14.5. The number of allylic oxidation sites excluding steroid dienone is 4. The van der Waals surface area contributed by atoms with Crippen molar-refractivity contribution in [2.75, 3.05) is 6.67 Å². The first kappa shape index (κ1) is 22.3. The van der Waals surface area contributed by atoms with Gasteiger partial charge in [0.25, 0.3) is 0 Å². The number of aromatic nitrogens is 4. The fourth-order valence-electron chi connectivity index (χ4n) is 3.89. The molecule has 2 aliphatic rings. The van der Waals surface area contributed by atoms with E-state index >= 15 is 0 Å². The Morgan fingerprint density at radius 3 is 2.56 bits per heavy atom. The van der Waals surface area contributed by atoms with Crippen LogP contribution in [0.25, 0.3) is 11.4 Å². The Morgan fingerprint density at radius 1 is 1.03 bits per heavy atom. The first-order valence-corrected chi connectivity index (χ1v) is 12.4. The Balaban J connectivity index is 1.45. The quantitative estimate of drug-likeness (QED) is 0.537. The predicted octanol–water partition coefficient (Wildman–Crippen LogP) is 3.92. The standard InChI is InChI=1S/C24H21ClN6O2S/c25-21-11-13-22(14-12-21)34(32,33)31(17-30-15-3-5-19-4-1-2-6-23(19)30)16-18-7-9-20(10-8-18)24-26-28-29-27-24/h1-15,23H,16-17H2,(H,26,27,28,29). The first-order valence-electron chi connectivity index (χ1n) is 10.6. The second kappa shape index (κ2) is 9.38. The molecule has 1 unspecified atom stereocenters. The zero-order valence-electron chi connectivity index (χ0n) is 18.0. The minimum Gasteiger partial charge on any atom is -0.353 e. The van der Waals surface area contributed by atoms with E-state index in [1.807, 2.05) is 65.7 Å². The van der Waals surface area contributed by atoms with Gasteiger partial charge in [0.1, 0.15) is 0 Å². The number of H-pyrrole nitrogens is 1. The molecule has 0 radical (unpaired) electrons. The molecule has 0 bridgehead atoms. The van der Waals surface area contributed by atoms with E-state index in [-0.39, 0.29) is 24.2 Å². The van der Waals surface area contributed by atoms with E-state index in [1.165, 1.54) is 16.4 Å². The zero-order chi connectivity index (χ0) is 23.5. The summed E-state index contributed by atoms with van der Waals surface area (Å²) in [5.74, 6) is 0.479. The number of tetrazole rings is 1. The van der Waals surface area contributed by atoms with E-state index < -0.39 is 10.0 Å². The topological polar surface area (TPSA) is 95.1 Å². The fraction of sp³-hybridized carbons (Fsp3) is 0.125. The molecule has 2 aromatic carbocycles. The lowest BCUT2D eigenvalue weighted by atomic mass is 9.98. The number of aromatic amines is 1. The number of sulfonamides is 1. The van der Waals surface area contributed by atoms with Crippen molar-refractivity contribution >= 4 is 21.6 Å². The van der Waals surface area contributed by atoms with Crippen LogP contribution in [-0.4, -0.2) is 51.0 Å². The van der Waals surface area contributed by atoms with E-state index in [9.17, 15) is 8.42 Å². The number of halogens is 1. The third-order valence-corrected chi connectivity index (χ3v) is 7.69. The minimum absolute atomic E-state index is 0.0291. The van der Waals surface area contributed by atoms with E-state index in [4.69, 9.17) is 11.6 Å². The summed E-state index contributed by atoms with van der Waals surface area (Å²) in [4.78, 5) is 2.20.